The first-order valence-corrected chi connectivity index (χ1v) is 20.2. The van der Waals surface area contributed by atoms with Crippen molar-refractivity contribution in [2.24, 2.45) is 17.1 Å². The molecule has 62 heavy (non-hydrogen) atoms. The van der Waals surface area contributed by atoms with Crippen molar-refractivity contribution < 1.29 is 57.7 Å². The Balaban J connectivity index is 2.25. The third kappa shape index (κ3) is 17.6. The lowest BCUT2D eigenvalue weighted by Crippen LogP contribution is -2.51. The van der Waals surface area contributed by atoms with Crippen LogP contribution in [0, 0.1) is 11.3 Å². The number of carbonyl (C=O) groups excluding carboxylic acids is 5. The Bertz CT molecular complexity index is 1940. The first-order chi connectivity index (χ1) is 29.0. The molecule has 0 aliphatic rings. The maximum absolute atomic E-state index is 15.7. The van der Waals surface area contributed by atoms with Crippen LogP contribution in [0.4, 0.5) is 8.78 Å². The van der Waals surface area contributed by atoms with Gasteiger partial charge in [0, 0.05) is 68.0 Å². The van der Waals surface area contributed by atoms with Crippen molar-refractivity contribution >= 4 is 47.0 Å². The summed E-state index contributed by atoms with van der Waals surface area (Å²) in [7, 11) is 0. The number of aromatic nitrogens is 1. The molecule has 0 saturated heterocycles. The first kappa shape index (κ1) is 52.2. The number of carboxylic acids is 2. The Morgan fingerprint density at radius 1 is 0.871 bits per heavy atom. The minimum Gasteiger partial charge on any atom is -0.481 e. The number of nitrogens with two attached hydrogens (primary N) is 1. The molecular weight excluding hydrogens is 813 g/mol. The molecule has 17 nitrogen and oxygen atoms in total. The van der Waals surface area contributed by atoms with Crippen LogP contribution in [0.25, 0.3) is 5.57 Å². The number of aliphatic hydroxyl groups excluding tert-OH is 1. The van der Waals surface area contributed by atoms with Gasteiger partial charge >= 0.3 is 11.9 Å². The van der Waals surface area contributed by atoms with Gasteiger partial charge in [0.1, 0.15) is 18.5 Å². The number of nitrogens with one attached hydrogen (secondary N) is 4. The fourth-order valence-corrected chi connectivity index (χ4v) is 6.49. The maximum Gasteiger partial charge on any atom is 0.303 e. The van der Waals surface area contributed by atoms with Crippen LogP contribution in [0.15, 0.2) is 60.3 Å². The van der Waals surface area contributed by atoms with Gasteiger partial charge in [0.25, 0.3) is 0 Å². The molecule has 9 N–H and O–H groups in total. The highest BCUT2D eigenvalue weighted by Crippen LogP contribution is 2.41. The van der Waals surface area contributed by atoms with E-state index in [2.05, 4.69) is 21.3 Å². The molecule has 0 saturated carbocycles. The maximum atomic E-state index is 15.7. The van der Waals surface area contributed by atoms with Crippen molar-refractivity contribution in [2.45, 2.75) is 98.3 Å². The Labute approximate surface area is 360 Å². The third-order valence-corrected chi connectivity index (χ3v) is 9.46. The second-order valence-corrected chi connectivity index (χ2v) is 16.1. The number of hydrogen-bond acceptors (Lipinski definition) is 9. The average Bonchev–Trinajstić information content (AvgIpc) is 3.60. The minimum absolute atomic E-state index is 0.0490. The van der Waals surface area contributed by atoms with E-state index in [0.29, 0.717) is 17.8 Å². The molecular formula is C43H61F2N7O10. The molecule has 3 atom stereocenters. The van der Waals surface area contributed by atoms with Crippen LogP contribution in [-0.4, -0.2) is 111 Å². The van der Waals surface area contributed by atoms with Crippen LogP contribution in [-0.2, 0) is 40.1 Å². The van der Waals surface area contributed by atoms with Gasteiger partial charge in [-0.2, -0.15) is 0 Å². The highest BCUT2D eigenvalue weighted by Gasteiger charge is 2.37. The number of halogens is 2. The van der Waals surface area contributed by atoms with Gasteiger partial charge in [0.05, 0.1) is 30.9 Å². The molecule has 0 radical (unpaired) electrons. The molecule has 1 unspecified atom stereocenters. The lowest BCUT2D eigenvalue weighted by molar-refractivity contribution is -0.140. The molecule has 2 rings (SSSR count). The number of allylic oxidation sites excluding steroid dienone is 4. The number of hydrogen-bond donors (Lipinski definition) is 8. The van der Waals surface area contributed by atoms with Crippen LogP contribution >= 0.6 is 0 Å². The SMILES string of the molecule is C/C(F)=C\C(=C(\F)C(C)C)c1cc(C(N(CC[C@H](N)C(=O)NCCNC(=O)[C@@H](CCC(=O)O)NC(=O)CNC(=O)CCC(=O)O)C(=O)CO)C(C)(C)C)n(Cc2ccccc2)c1. The van der Waals surface area contributed by atoms with Crippen molar-refractivity contribution in [3.05, 3.63) is 77.1 Å². The summed E-state index contributed by atoms with van der Waals surface area (Å²) >= 11 is 0. The van der Waals surface area contributed by atoms with Gasteiger partial charge in [-0.15, -0.1) is 0 Å². The van der Waals surface area contributed by atoms with Crippen LogP contribution in [0.2, 0.25) is 0 Å². The summed E-state index contributed by atoms with van der Waals surface area (Å²) in [5.74, 6) is -7.74. The zero-order valence-electron chi connectivity index (χ0n) is 36.1. The normalized spacial score (nSPS) is 13.6. The fourth-order valence-electron chi connectivity index (χ4n) is 6.49. The average molecular weight is 874 g/mol. The molecule has 0 aliphatic carbocycles. The van der Waals surface area contributed by atoms with Gasteiger partial charge in [-0.1, -0.05) is 65.0 Å². The van der Waals surface area contributed by atoms with Crippen molar-refractivity contribution in [1.29, 1.82) is 0 Å². The van der Waals surface area contributed by atoms with Crippen LogP contribution in [0.3, 0.4) is 0 Å². The number of amides is 5. The molecule has 2 aromatic rings. The van der Waals surface area contributed by atoms with E-state index in [1.54, 1.807) is 26.1 Å². The molecule has 0 aliphatic heterocycles. The fraction of sp³-hybridized carbons (Fsp3) is 0.512. The van der Waals surface area contributed by atoms with E-state index in [0.717, 1.165) is 11.6 Å². The van der Waals surface area contributed by atoms with Crippen molar-refractivity contribution in [2.75, 3.05) is 32.8 Å². The number of rotatable bonds is 25. The Kier molecular flexibility index (Phi) is 21.1. The summed E-state index contributed by atoms with van der Waals surface area (Å²) in [4.78, 5) is 86.9. The summed E-state index contributed by atoms with van der Waals surface area (Å²) in [6.07, 6.45) is 1.16. The lowest BCUT2D eigenvalue weighted by atomic mass is 9.82. The predicted octanol–water partition coefficient (Wildman–Crippen LogP) is 2.93. The van der Waals surface area contributed by atoms with E-state index >= 15 is 4.39 Å². The summed E-state index contributed by atoms with van der Waals surface area (Å²) in [6.45, 7) is 8.63. The lowest BCUT2D eigenvalue weighted by Gasteiger charge is -2.41. The molecule has 1 aromatic carbocycles. The Morgan fingerprint density at radius 3 is 2.03 bits per heavy atom. The van der Waals surface area contributed by atoms with Crippen LogP contribution in [0.1, 0.15) is 96.5 Å². The number of carboxylic acid groups (broad SMARTS) is 2. The largest absolute Gasteiger partial charge is 0.481 e. The van der Waals surface area contributed by atoms with Crippen LogP contribution in [0.5, 0.6) is 0 Å². The number of nitrogens with zero attached hydrogens (tertiary/aromatic N) is 2. The van der Waals surface area contributed by atoms with Gasteiger partial charge in [0.15, 0.2) is 0 Å². The third-order valence-electron chi connectivity index (χ3n) is 9.46. The summed E-state index contributed by atoms with van der Waals surface area (Å²) in [5, 5.41) is 37.6. The molecule has 5 amide bonds. The Hall–Kier alpha value is -5.95. The van der Waals surface area contributed by atoms with E-state index in [1.807, 2.05) is 55.7 Å². The van der Waals surface area contributed by atoms with Crippen molar-refractivity contribution in [1.82, 2.24) is 30.7 Å². The highest BCUT2D eigenvalue weighted by atomic mass is 19.1. The number of aliphatic hydroxyl groups is 1. The first-order valence-electron chi connectivity index (χ1n) is 20.2. The molecule has 0 bridgehead atoms. The predicted molar refractivity (Wildman–Crippen MR) is 226 cm³/mol. The summed E-state index contributed by atoms with van der Waals surface area (Å²) in [6, 6.07) is 7.84. The topological polar surface area (TPSA) is 262 Å². The zero-order chi connectivity index (χ0) is 46.7. The summed E-state index contributed by atoms with van der Waals surface area (Å²) in [5.41, 5.74) is 7.44. The van der Waals surface area contributed by atoms with E-state index in [4.69, 9.17) is 15.9 Å². The molecule has 1 heterocycles. The summed E-state index contributed by atoms with van der Waals surface area (Å²) < 4.78 is 31.9. The van der Waals surface area contributed by atoms with Crippen LogP contribution < -0.4 is 27.0 Å². The molecule has 342 valence electrons. The minimum atomic E-state index is -1.32. The second kappa shape index (κ2) is 25.1. The smallest absolute Gasteiger partial charge is 0.303 e. The molecule has 1 aromatic heterocycles. The number of benzene rings is 1. The van der Waals surface area contributed by atoms with E-state index in [-0.39, 0.29) is 44.5 Å². The van der Waals surface area contributed by atoms with Gasteiger partial charge in [-0.05, 0) is 42.9 Å². The van der Waals surface area contributed by atoms with Gasteiger partial charge in [-0.3, -0.25) is 33.6 Å². The molecule has 19 heteroatoms. The van der Waals surface area contributed by atoms with Crippen molar-refractivity contribution in [3.8, 4) is 0 Å². The monoisotopic (exact) mass is 873 g/mol. The second-order valence-electron chi connectivity index (χ2n) is 16.1. The molecule has 0 spiro atoms. The quantitative estimate of drug-likeness (QED) is 0.0531. The van der Waals surface area contributed by atoms with Gasteiger partial charge in [0.2, 0.25) is 29.5 Å². The van der Waals surface area contributed by atoms with Gasteiger partial charge in [-0.25, -0.2) is 8.78 Å². The van der Waals surface area contributed by atoms with Crippen molar-refractivity contribution in [3.63, 3.8) is 0 Å². The zero-order valence-corrected chi connectivity index (χ0v) is 36.1. The highest BCUT2D eigenvalue weighted by molar-refractivity contribution is 5.91. The Morgan fingerprint density at radius 2 is 1.48 bits per heavy atom. The standard InChI is InChI=1S/C43H61F2N7O10/c1-26(2)39(45)30(20-27(3)44)29-21-33(51(24-29)23-28-10-8-7-9-11-28)40(43(4,5)6)52(36(56)25-53)19-16-31(46)41(61)47-17-18-48-42(62)32(12-14-37(57)58)50-35(55)22-49-34(54)13-15-38(59)60/h7-11,20-21,24,26,31-32,40,53H,12-19,22-23,25,46H2,1-6H3,(H,47,61)(H,48,62)(H,49,54)(H,50,55)(H,57,58)(H,59,60)/b27-20+,39-30-/t31-,32+,40?/m0/s1. The van der Waals surface area contributed by atoms with E-state index < -0.39 is 109 Å². The van der Waals surface area contributed by atoms with Gasteiger partial charge < -0.3 is 51.8 Å². The van der Waals surface area contributed by atoms with E-state index in [1.165, 1.54) is 11.8 Å². The number of carbonyl (C=O) groups is 7. The molecule has 0 fully saturated rings. The van der Waals surface area contributed by atoms with E-state index in [9.17, 15) is 43.1 Å². The number of aliphatic carboxylic acids is 2.